The second-order valence-corrected chi connectivity index (χ2v) is 5.48. The fourth-order valence-corrected chi connectivity index (χ4v) is 3.02. The van der Waals surface area contributed by atoms with Gasteiger partial charge in [0.2, 0.25) is 0 Å². The van der Waals surface area contributed by atoms with E-state index in [-0.39, 0.29) is 5.92 Å². The highest BCUT2D eigenvalue weighted by molar-refractivity contribution is 5.73. The summed E-state index contributed by atoms with van der Waals surface area (Å²) in [6.45, 7) is 0.639. The van der Waals surface area contributed by atoms with E-state index < -0.39 is 0 Å². The van der Waals surface area contributed by atoms with Crippen molar-refractivity contribution in [3.05, 3.63) is 90.0 Å². The molecule has 22 heavy (non-hydrogen) atoms. The molecule has 0 bridgehead atoms. The van der Waals surface area contributed by atoms with Gasteiger partial charge < -0.3 is 10.1 Å². The maximum Gasteiger partial charge on any atom is 0.119 e. The van der Waals surface area contributed by atoms with Gasteiger partial charge in [0.25, 0.3) is 0 Å². The molecule has 3 aromatic carbocycles. The third-order valence-electron chi connectivity index (χ3n) is 4.10. The number of hydrogen-bond acceptors (Lipinski definition) is 2. The van der Waals surface area contributed by atoms with E-state index in [1.807, 2.05) is 30.3 Å². The third-order valence-corrected chi connectivity index (χ3v) is 4.10. The molecule has 0 saturated carbocycles. The Bertz CT molecular complexity index is 737. The molecule has 1 heterocycles. The Morgan fingerprint density at radius 2 is 1.23 bits per heavy atom. The third kappa shape index (κ3) is 2.33. The predicted octanol–water partition coefficient (Wildman–Crippen LogP) is 4.95. The highest BCUT2D eigenvalue weighted by atomic mass is 16.5. The Morgan fingerprint density at radius 1 is 0.682 bits per heavy atom. The topological polar surface area (TPSA) is 21.3 Å². The van der Waals surface area contributed by atoms with Crippen molar-refractivity contribution in [1.82, 2.24) is 0 Å². The van der Waals surface area contributed by atoms with Crippen LogP contribution in [-0.4, -0.2) is 6.61 Å². The van der Waals surface area contributed by atoms with Crippen molar-refractivity contribution in [2.24, 2.45) is 0 Å². The second kappa shape index (κ2) is 5.57. The Morgan fingerprint density at radius 3 is 1.86 bits per heavy atom. The van der Waals surface area contributed by atoms with Crippen molar-refractivity contribution in [3.63, 3.8) is 0 Å². The summed E-state index contributed by atoms with van der Waals surface area (Å²) in [6.07, 6.45) is 0. The summed E-state index contributed by atoms with van der Waals surface area (Å²) in [6, 6.07) is 26.9. The lowest BCUT2D eigenvalue weighted by molar-refractivity contribution is 0.303. The Hall–Kier alpha value is -2.74. The molecule has 0 aliphatic carbocycles. The standard InChI is InChI=1S/C20H17NO/c1-2-8-15(9-3-1)22-14-18-16-10-4-6-12-19(16)21-20-13-7-5-11-17(18)20/h1-13,18,21H,14H2. The van der Waals surface area contributed by atoms with Crippen molar-refractivity contribution in [2.45, 2.75) is 5.92 Å². The van der Waals surface area contributed by atoms with Gasteiger partial charge in [-0.3, -0.25) is 0 Å². The lowest BCUT2D eigenvalue weighted by Crippen LogP contribution is -2.18. The summed E-state index contributed by atoms with van der Waals surface area (Å²) >= 11 is 0. The number of fused-ring (bicyclic) bond motifs is 2. The molecule has 4 rings (SSSR count). The second-order valence-electron chi connectivity index (χ2n) is 5.48. The molecule has 0 spiro atoms. The van der Waals surface area contributed by atoms with E-state index in [1.54, 1.807) is 0 Å². The van der Waals surface area contributed by atoms with Gasteiger partial charge in [-0.2, -0.15) is 0 Å². The minimum atomic E-state index is 0.244. The van der Waals surface area contributed by atoms with Gasteiger partial charge in [0, 0.05) is 17.3 Å². The van der Waals surface area contributed by atoms with Crippen LogP contribution in [0.15, 0.2) is 78.9 Å². The number of rotatable bonds is 3. The van der Waals surface area contributed by atoms with E-state index in [0.717, 1.165) is 5.75 Å². The van der Waals surface area contributed by atoms with E-state index >= 15 is 0 Å². The minimum absolute atomic E-state index is 0.244. The highest BCUT2D eigenvalue weighted by Gasteiger charge is 2.25. The molecule has 108 valence electrons. The predicted molar refractivity (Wildman–Crippen MR) is 89.9 cm³/mol. The first-order chi connectivity index (χ1) is 10.9. The van der Waals surface area contributed by atoms with E-state index in [2.05, 4.69) is 53.8 Å². The SMILES string of the molecule is c1ccc(OCC2c3ccccc3Nc3ccccc32)cc1. The van der Waals surface area contributed by atoms with Crippen LogP contribution in [0.1, 0.15) is 17.0 Å². The van der Waals surface area contributed by atoms with Crippen LogP contribution in [0.4, 0.5) is 11.4 Å². The summed E-state index contributed by atoms with van der Waals surface area (Å²) in [4.78, 5) is 0. The van der Waals surface area contributed by atoms with Crippen LogP contribution in [0, 0.1) is 0 Å². The van der Waals surface area contributed by atoms with Crippen LogP contribution in [0.3, 0.4) is 0 Å². The van der Waals surface area contributed by atoms with Crippen molar-refractivity contribution >= 4 is 11.4 Å². The first-order valence-corrected chi connectivity index (χ1v) is 7.54. The molecule has 1 aliphatic rings. The van der Waals surface area contributed by atoms with Gasteiger partial charge in [0.15, 0.2) is 0 Å². The fourth-order valence-electron chi connectivity index (χ4n) is 3.02. The molecule has 0 radical (unpaired) electrons. The van der Waals surface area contributed by atoms with Gasteiger partial charge in [-0.25, -0.2) is 0 Å². The fraction of sp³-hybridized carbons (Fsp3) is 0.100. The molecule has 0 amide bonds. The first kappa shape index (κ1) is 13.0. The Labute approximate surface area is 130 Å². The Kier molecular flexibility index (Phi) is 3.28. The van der Waals surface area contributed by atoms with E-state index in [9.17, 15) is 0 Å². The zero-order chi connectivity index (χ0) is 14.8. The maximum atomic E-state index is 6.03. The van der Waals surface area contributed by atoms with Crippen LogP contribution >= 0.6 is 0 Å². The Balaban J connectivity index is 1.69. The van der Waals surface area contributed by atoms with Crippen molar-refractivity contribution in [3.8, 4) is 5.75 Å². The van der Waals surface area contributed by atoms with Gasteiger partial charge in [0.1, 0.15) is 5.75 Å². The quantitative estimate of drug-likeness (QED) is 0.735. The van der Waals surface area contributed by atoms with E-state index in [1.165, 1.54) is 22.5 Å². The number of ether oxygens (including phenoxy) is 1. The molecular weight excluding hydrogens is 270 g/mol. The maximum absolute atomic E-state index is 6.03. The van der Waals surface area contributed by atoms with Crippen LogP contribution in [-0.2, 0) is 0 Å². The van der Waals surface area contributed by atoms with Crippen molar-refractivity contribution in [2.75, 3.05) is 11.9 Å². The zero-order valence-corrected chi connectivity index (χ0v) is 12.2. The van der Waals surface area contributed by atoms with Crippen molar-refractivity contribution in [1.29, 1.82) is 0 Å². The average molecular weight is 287 g/mol. The summed E-state index contributed by atoms with van der Waals surface area (Å²) in [5, 5.41) is 3.51. The van der Waals surface area contributed by atoms with Crippen LogP contribution in [0.5, 0.6) is 5.75 Å². The average Bonchev–Trinajstić information content (AvgIpc) is 2.59. The van der Waals surface area contributed by atoms with Crippen LogP contribution in [0.2, 0.25) is 0 Å². The molecule has 0 unspecified atom stereocenters. The molecule has 1 aliphatic heterocycles. The van der Waals surface area contributed by atoms with Crippen LogP contribution in [0.25, 0.3) is 0 Å². The molecule has 2 nitrogen and oxygen atoms in total. The normalized spacial score (nSPS) is 12.9. The molecule has 0 fully saturated rings. The summed E-state index contributed by atoms with van der Waals surface area (Å²) in [5.41, 5.74) is 4.92. The monoisotopic (exact) mass is 287 g/mol. The first-order valence-electron chi connectivity index (χ1n) is 7.54. The molecule has 3 aromatic rings. The number of hydrogen-bond donors (Lipinski definition) is 1. The van der Waals surface area contributed by atoms with Crippen LogP contribution < -0.4 is 10.1 Å². The van der Waals surface area contributed by atoms with Gasteiger partial charge in [0.05, 0.1) is 6.61 Å². The van der Waals surface area contributed by atoms with Gasteiger partial charge >= 0.3 is 0 Å². The van der Waals surface area contributed by atoms with Gasteiger partial charge in [-0.1, -0.05) is 54.6 Å². The molecular formula is C20H17NO. The molecule has 0 aromatic heterocycles. The molecule has 1 N–H and O–H groups in total. The minimum Gasteiger partial charge on any atom is -0.493 e. The lowest BCUT2D eigenvalue weighted by atomic mass is 9.86. The number of benzene rings is 3. The summed E-state index contributed by atoms with van der Waals surface area (Å²) in [5.74, 6) is 1.16. The summed E-state index contributed by atoms with van der Waals surface area (Å²) in [7, 11) is 0. The zero-order valence-electron chi connectivity index (χ0n) is 12.2. The number of nitrogens with one attached hydrogen (secondary N) is 1. The van der Waals surface area contributed by atoms with Gasteiger partial charge in [-0.15, -0.1) is 0 Å². The number of para-hydroxylation sites is 3. The number of anilines is 2. The molecule has 2 heteroatoms. The molecule has 0 atom stereocenters. The largest absolute Gasteiger partial charge is 0.493 e. The van der Waals surface area contributed by atoms with E-state index in [4.69, 9.17) is 4.74 Å². The highest BCUT2D eigenvalue weighted by Crippen LogP contribution is 2.41. The summed E-state index contributed by atoms with van der Waals surface area (Å²) < 4.78 is 6.03. The van der Waals surface area contributed by atoms with E-state index in [0.29, 0.717) is 6.61 Å². The van der Waals surface area contributed by atoms with Crippen molar-refractivity contribution < 1.29 is 4.74 Å². The molecule has 0 saturated heterocycles. The lowest BCUT2D eigenvalue weighted by Gasteiger charge is -2.29. The van der Waals surface area contributed by atoms with Gasteiger partial charge in [-0.05, 0) is 35.4 Å². The smallest absolute Gasteiger partial charge is 0.119 e.